The average Bonchev–Trinajstić information content (AvgIpc) is 3.88. The Hall–Kier alpha value is -6.42. The number of furan rings is 2. The van der Waals surface area contributed by atoms with Crippen molar-refractivity contribution in [3.63, 3.8) is 0 Å². The van der Waals surface area contributed by atoms with Crippen molar-refractivity contribution in [2.24, 2.45) is 0 Å². The van der Waals surface area contributed by atoms with Crippen LogP contribution in [-0.4, -0.2) is 29.9 Å². The molecule has 10 heteroatoms. The van der Waals surface area contributed by atoms with Crippen LogP contribution >= 0.6 is 0 Å². The molecule has 10 rings (SSSR count). The number of nitrogens with zero attached hydrogens (tertiary/aromatic N) is 6. The van der Waals surface area contributed by atoms with Gasteiger partial charge in [-0.2, -0.15) is 0 Å². The molecule has 0 saturated heterocycles. The van der Waals surface area contributed by atoms with Gasteiger partial charge in [-0.3, -0.25) is 19.9 Å². The molecule has 2 aromatic carbocycles. The number of para-hydroxylation sites is 2. The highest BCUT2D eigenvalue weighted by atomic mass is 16.3. The smallest absolute Gasteiger partial charge is 0.182 e. The Morgan fingerprint density at radius 2 is 0.977 bits per heavy atom. The zero-order valence-corrected chi connectivity index (χ0v) is 22.6. The quantitative estimate of drug-likeness (QED) is 0.203. The number of aromatic nitrogens is 6. The maximum atomic E-state index is 6.23. The SMILES string of the molecule is c1ccc2c(c1)oc1c(-c3ncc(-c4cnc(-c5ccnc6c5oc5ccccc56)c5ocnc45)c4ocnc34)ccnc12. The summed E-state index contributed by atoms with van der Waals surface area (Å²) in [4.78, 5) is 28.0. The van der Waals surface area contributed by atoms with Crippen LogP contribution < -0.4 is 0 Å². The van der Waals surface area contributed by atoms with Crippen LogP contribution in [0.5, 0.6) is 0 Å². The minimum Gasteiger partial charge on any atom is -0.454 e. The molecule has 10 aromatic rings. The second-order valence-corrected chi connectivity index (χ2v) is 10.4. The Balaban J connectivity index is 1.16. The third kappa shape index (κ3) is 3.08. The fourth-order valence-electron chi connectivity index (χ4n) is 6.07. The summed E-state index contributed by atoms with van der Waals surface area (Å²) in [7, 11) is 0. The van der Waals surface area contributed by atoms with Crippen molar-refractivity contribution in [3.05, 3.63) is 98.2 Å². The lowest BCUT2D eigenvalue weighted by atomic mass is 10.0. The van der Waals surface area contributed by atoms with Gasteiger partial charge in [0.25, 0.3) is 0 Å². The summed E-state index contributed by atoms with van der Waals surface area (Å²) in [5.41, 5.74) is 10.6. The Labute approximate surface area is 245 Å². The molecule has 0 N–H and O–H groups in total. The van der Waals surface area contributed by atoms with Crippen LogP contribution in [0, 0.1) is 0 Å². The van der Waals surface area contributed by atoms with Crippen LogP contribution in [-0.2, 0) is 0 Å². The molecule has 0 saturated carbocycles. The van der Waals surface area contributed by atoms with Gasteiger partial charge in [-0.1, -0.05) is 24.3 Å². The topological polar surface area (TPSA) is 130 Å². The van der Waals surface area contributed by atoms with Gasteiger partial charge in [0.2, 0.25) is 0 Å². The van der Waals surface area contributed by atoms with E-state index in [1.807, 2.05) is 60.7 Å². The van der Waals surface area contributed by atoms with E-state index in [4.69, 9.17) is 27.6 Å². The van der Waals surface area contributed by atoms with E-state index in [1.165, 1.54) is 12.8 Å². The number of rotatable bonds is 3. The second kappa shape index (κ2) is 8.55. The van der Waals surface area contributed by atoms with Gasteiger partial charge in [0, 0.05) is 52.3 Å². The van der Waals surface area contributed by atoms with Crippen LogP contribution in [0.15, 0.2) is 116 Å². The van der Waals surface area contributed by atoms with Crippen molar-refractivity contribution in [1.82, 2.24) is 29.9 Å². The van der Waals surface area contributed by atoms with Crippen molar-refractivity contribution >= 4 is 66.3 Å². The Morgan fingerprint density at radius 3 is 1.68 bits per heavy atom. The van der Waals surface area contributed by atoms with Gasteiger partial charge in [-0.05, 0) is 36.4 Å². The lowest BCUT2D eigenvalue weighted by Crippen LogP contribution is -1.93. The first-order valence-corrected chi connectivity index (χ1v) is 13.8. The van der Waals surface area contributed by atoms with E-state index >= 15 is 0 Å². The molecule has 8 heterocycles. The molecule has 0 radical (unpaired) electrons. The van der Waals surface area contributed by atoms with Gasteiger partial charge in [0.05, 0.1) is 5.56 Å². The maximum Gasteiger partial charge on any atom is 0.182 e. The summed E-state index contributed by atoms with van der Waals surface area (Å²) >= 11 is 0. The minimum atomic E-state index is 0.505. The van der Waals surface area contributed by atoms with Crippen LogP contribution in [0.25, 0.3) is 100.0 Å². The molecular formula is C34H16N6O4. The van der Waals surface area contributed by atoms with E-state index in [0.717, 1.165) is 44.1 Å². The first-order chi connectivity index (χ1) is 21.8. The Morgan fingerprint density at radius 1 is 0.409 bits per heavy atom. The minimum absolute atomic E-state index is 0.505. The highest BCUT2D eigenvalue weighted by Crippen LogP contribution is 2.42. The van der Waals surface area contributed by atoms with Gasteiger partial charge < -0.3 is 17.7 Å². The molecule has 0 bridgehead atoms. The van der Waals surface area contributed by atoms with Gasteiger partial charge in [-0.25, -0.2) is 9.97 Å². The van der Waals surface area contributed by atoms with Gasteiger partial charge >= 0.3 is 0 Å². The number of pyridine rings is 4. The predicted molar refractivity (Wildman–Crippen MR) is 164 cm³/mol. The molecule has 0 unspecified atom stereocenters. The molecule has 44 heavy (non-hydrogen) atoms. The number of fused-ring (bicyclic) bond motifs is 8. The molecule has 0 aliphatic rings. The van der Waals surface area contributed by atoms with Crippen LogP contribution in [0.1, 0.15) is 0 Å². The fraction of sp³-hybridized carbons (Fsp3) is 0. The number of benzene rings is 2. The van der Waals surface area contributed by atoms with Gasteiger partial charge in [0.15, 0.2) is 35.1 Å². The lowest BCUT2D eigenvalue weighted by molar-refractivity contribution is 0.601. The number of hydrogen-bond donors (Lipinski definition) is 0. The number of hydrogen-bond acceptors (Lipinski definition) is 10. The molecule has 0 aliphatic heterocycles. The highest BCUT2D eigenvalue weighted by Gasteiger charge is 2.24. The largest absolute Gasteiger partial charge is 0.454 e. The van der Waals surface area contributed by atoms with E-state index in [0.29, 0.717) is 55.9 Å². The van der Waals surface area contributed by atoms with Gasteiger partial charge in [-0.15, -0.1) is 0 Å². The van der Waals surface area contributed by atoms with E-state index in [2.05, 4.69) is 19.9 Å². The molecule has 206 valence electrons. The zero-order valence-electron chi connectivity index (χ0n) is 22.6. The average molecular weight is 573 g/mol. The summed E-state index contributed by atoms with van der Waals surface area (Å²) in [5.74, 6) is 0. The Kier molecular flexibility index (Phi) is 4.51. The molecule has 0 aliphatic carbocycles. The summed E-state index contributed by atoms with van der Waals surface area (Å²) in [6.07, 6.45) is 9.81. The first kappa shape index (κ1) is 23.2. The lowest BCUT2D eigenvalue weighted by Gasteiger charge is -2.08. The molecule has 0 amide bonds. The standard InChI is InChI=1S/C34H16N6O4/c1-3-7-23-17(5-1)26-32(43-23)19(9-11-35-26)25-30-31(41-16-40-30)22(14-37-25)21-13-38-28(34-29(21)39-15-42-34)20-10-12-36-27-18-6-2-4-8-24(18)44-33(20)27/h1-16H. The van der Waals surface area contributed by atoms with E-state index in [1.54, 1.807) is 24.8 Å². The third-order valence-electron chi connectivity index (χ3n) is 8.04. The zero-order chi connectivity index (χ0) is 28.8. The molecular weight excluding hydrogens is 556 g/mol. The normalized spacial score (nSPS) is 12.1. The Bertz CT molecular complexity index is 2560. The predicted octanol–water partition coefficient (Wildman–Crippen LogP) is 8.35. The molecule has 10 nitrogen and oxygen atoms in total. The van der Waals surface area contributed by atoms with Crippen molar-refractivity contribution in [2.75, 3.05) is 0 Å². The van der Waals surface area contributed by atoms with Crippen LogP contribution in [0.2, 0.25) is 0 Å². The van der Waals surface area contributed by atoms with Crippen molar-refractivity contribution in [2.45, 2.75) is 0 Å². The molecule has 8 aromatic heterocycles. The molecule has 0 atom stereocenters. The van der Waals surface area contributed by atoms with E-state index in [9.17, 15) is 0 Å². The van der Waals surface area contributed by atoms with Crippen molar-refractivity contribution in [1.29, 1.82) is 0 Å². The fourth-order valence-corrected chi connectivity index (χ4v) is 6.07. The van der Waals surface area contributed by atoms with Crippen LogP contribution in [0.3, 0.4) is 0 Å². The second-order valence-electron chi connectivity index (χ2n) is 10.4. The monoisotopic (exact) mass is 572 g/mol. The van der Waals surface area contributed by atoms with Gasteiger partial charge in [0.1, 0.15) is 44.6 Å². The summed E-state index contributed by atoms with van der Waals surface area (Å²) in [6, 6.07) is 19.4. The maximum absolute atomic E-state index is 6.23. The third-order valence-corrected chi connectivity index (χ3v) is 8.04. The van der Waals surface area contributed by atoms with Crippen molar-refractivity contribution < 1.29 is 17.7 Å². The first-order valence-electron chi connectivity index (χ1n) is 13.8. The number of oxazole rings is 2. The highest BCUT2D eigenvalue weighted by molar-refractivity contribution is 6.12. The summed E-state index contributed by atoms with van der Waals surface area (Å²) < 4.78 is 24.3. The summed E-state index contributed by atoms with van der Waals surface area (Å²) in [5, 5.41) is 1.87. The molecule has 0 spiro atoms. The molecule has 0 fully saturated rings. The van der Waals surface area contributed by atoms with Crippen LogP contribution in [0.4, 0.5) is 0 Å². The van der Waals surface area contributed by atoms with Crippen molar-refractivity contribution in [3.8, 4) is 33.6 Å². The van der Waals surface area contributed by atoms with E-state index < -0.39 is 0 Å². The summed E-state index contributed by atoms with van der Waals surface area (Å²) in [6.45, 7) is 0. The van der Waals surface area contributed by atoms with E-state index in [-0.39, 0.29) is 0 Å².